The van der Waals surface area contributed by atoms with E-state index >= 15 is 0 Å². The van der Waals surface area contributed by atoms with Crippen molar-refractivity contribution in [3.63, 3.8) is 0 Å². The van der Waals surface area contributed by atoms with Crippen LogP contribution in [0.4, 0.5) is 4.79 Å². The van der Waals surface area contributed by atoms with Crippen molar-refractivity contribution in [3.8, 4) is 0 Å². The van der Waals surface area contributed by atoms with Crippen molar-refractivity contribution < 1.29 is 14.7 Å². The Morgan fingerprint density at radius 3 is 2.50 bits per heavy atom. The molecule has 0 aliphatic heterocycles. The van der Waals surface area contributed by atoms with Gasteiger partial charge in [0.05, 0.1) is 5.92 Å². The fraction of sp³-hybridized carbons (Fsp3) is 0.875. The molecule has 0 bridgehead atoms. The van der Waals surface area contributed by atoms with E-state index in [0.717, 1.165) is 12.8 Å². The first kappa shape index (κ1) is 18.7. The van der Waals surface area contributed by atoms with Crippen LogP contribution >= 0.6 is 0 Å². The molecule has 0 aromatic carbocycles. The zero-order chi connectivity index (χ0) is 16.9. The van der Waals surface area contributed by atoms with Gasteiger partial charge >= 0.3 is 12.0 Å². The summed E-state index contributed by atoms with van der Waals surface area (Å²) < 4.78 is 0. The Labute approximate surface area is 133 Å². The minimum Gasteiger partial charge on any atom is -0.481 e. The molecular formula is C16H31N3O3. The molecule has 2 N–H and O–H groups in total. The molecule has 0 saturated heterocycles. The first-order valence-electron chi connectivity index (χ1n) is 8.07. The smallest absolute Gasteiger partial charge is 0.317 e. The fourth-order valence-corrected chi connectivity index (χ4v) is 3.30. The van der Waals surface area contributed by atoms with E-state index in [4.69, 9.17) is 5.11 Å². The van der Waals surface area contributed by atoms with Crippen molar-refractivity contribution >= 4 is 12.0 Å². The van der Waals surface area contributed by atoms with E-state index in [1.807, 2.05) is 0 Å². The third kappa shape index (κ3) is 4.87. The molecule has 6 nitrogen and oxygen atoms in total. The van der Waals surface area contributed by atoms with Crippen LogP contribution in [-0.4, -0.2) is 66.7 Å². The van der Waals surface area contributed by atoms with Crippen LogP contribution in [-0.2, 0) is 4.79 Å². The molecule has 0 aromatic heterocycles. The van der Waals surface area contributed by atoms with Crippen molar-refractivity contribution in [1.82, 2.24) is 15.1 Å². The molecule has 1 fully saturated rings. The van der Waals surface area contributed by atoms with Crippen molar-refractivity contribution in [2.24, 2.45) is 11.8 Å². The van der Waals surface area contributed by atoms with Crippen LogP contribution in [0.25, 0.3) is 0 Å². The maximum atomic E-state index is 12.2. The lowest BCUT2D eigenvalue weighted by atomic mass is 9.75. The molecule has 0 spiro atoms. The number of carbonyl (C=O) groups is 2. The Bertz CT molecular complexity index is 400. The van der Waals surface area contributed by atoms with E-state index in [9.17, 15) is 9.59 Å². The van der Waals surface area contributed by atoms with Crippen molar-refractivity contribution in [2.45, 2.75) is 45.1 Å². The number of rotatable bonds is 6. The molecule has 3 unspecified atom stereocenters. The largest absolute Gasteiger partial charge is 0.481 e. The molecule has 22 heavy (non-hydrogen) atoms. The SMILES string of the molecule is CC1CCCC(CNC(=O)N(C)CC(C)C(=O)O)(N(C)C)C1. The highest BCUT2D eigenvalue weighted by molar-refractivity contribution is 5.75. The normalized spacial score (nSPS) is 26.5. The molecule has 0 radical (unpaired) electrons. The average Bonchev–Trinajstić information content (AvgIpc) is 2.44. The summed E-state index contributed by atoms with van der Waals surface area (Å²) in [5, 5.41) is 11.9. The number of aliphatic carboxylic acids is 1. The van der Waals surface area contributed by atoms with E-state index in [0.29, 0.717) is 12.5 Å². The van der Waals surface area contributed by atoms with Crippen LogP contribution in [0.15, 0.2) is 0 Å². The Morgan fingerprint density at radius 1 is 1.36 bits per heavy atom. The van der Waals surface area contributed by atoms with Crippen LogP contribution in [0.3, 0.4) is 0 Å². The van der Waals surface area contributed by atoms with Gasteiger partial charge in [0.1, 0.15) is 0 Å². The summed E-state index contributed by atoms with van der Waals surface area (Å²) in [6.07, 6.45) is 4.59. The lowest BCUT2D eigenvalue weighted by Gasteiger charge is -2.45. The van der Waals surface area contributed by atoms with Crippen molar-refractivity contribution in [1.29, 1.82) is 0 Å². The number of hydrogen-bond acceptors (Lipinski definition) is 3. The predicted octanol–water partition coefficient (Wildman–Crippen LogP) is 1.86. The summed E-state index contributed by atoms with van der Waals surface area (Å²) in [6, 6.07) is -0.201. The van der Waals surface area contributed by atoms with Gasteiger partial charge in [-0.25, -0.2) is 4.79 Å². The summed E-state index contributed by atoms with van der Waals surface area (Å²) in [6.45, 7) is 4.69. The van der Waals surface area contributed by atoms with Crippen LogP contribution in [0.2, 0.25) is 0 Å². The number of amides is 2. The Balaban J connectivity index is 2.58. The summed E-state index contributed by atoms with van der Waals surface area (Å²) in [7, 11) is 5.78. The standard InChI is InChI=1S/C16H31N3O3/c1-12-7-6-8-16(9-12,18(3)4)11-17-15(22)19(5)10-13(2)14(20)21/h12-13H,6-11H2,1-5H3,(H,17,22)(H,20,21). The number of carbonyl (C=O) groups excluding carboxylic acids is 1. The highest BCUT2D eigenvalue weighted by Crippen LogP contribution is 2.35. The molecule has 6 heteroatoms. The molecule has 2 amide bonds. The fourth-order valence-electron chi connectivity index (χ4n) is 3.30. The van der Waals surface area contributed by atoms with Gasteiger partial charge in [-0.2, -0.15) is 0 Å². The molecule has 3 atom stereocenters. The number of carboxylic acid groups (broad SMARTS) is 1. The lowest BCUT2D eigenvalue weighted by molar-refractivity contribution is -0.141. The minimum atomic E-state index is -0.884. The molecule has 1 saturated carbocycles. The molecule has 0 heterocycles. The van der Waals surface area contributed by atoms with E-state index in [1.165, 1.54) is 17.7 Å². The second kappa shape index (κ2) is 7.81. The van der Waals surface area contributed by atoms with Gasteiger partial charge in [-0.15, -0.1) is 0 Å². The van der Waals surface area contributed by atoms with Gasteiger partial charge in [-0.05, 0) is 32.9 Å². The second-order valence-electron chi connectivity index (χ2n) is 7.10. The van der Waals surface area contributed by atoms with Crippen LogP contribution in [0.5, 0.6) is 0 Å². The van der Waals surface area contributed by atoms with Gasteiger partial charge in [0, 0.05) is 25.7 Å². The monoisotopic (exact) mass is 313 g/mol. The maximum Gasteiger partial charge on any atom is 0.317 e. The predicted molar refractivity (Wildman–Crippen MR) is 86.9 cm³/mol. The quantitative estimate of drug-likeness (QED) is 0.785. The molecular weight excluding hydrogens is 282 g/mol. The lowest BCUT2D eigenvalue weighted by Crippen LogP contribution is -2.56. The van der Waals surface area contributed by atoms with E-state index < -0.39 is 11.9 Å². The van der Waals surface area contributed by atoms with Gasteiger partial charge in [0.25, 0.3) is 0 Å². The average molecular weight is 313 g/mol. The summed E-state index contributed by atoms with van der Waals surface area (Å²) in [4.78, 5) is 26.7. The summed E-state index contributed by atoms with van der Waals surface area (Å²) in [5.74, 6) is -0.781. The van der Waals surface area contributed by atoms with Crippen molar-refractivity contribution in [2.75, 3.05) is 34.2 Å². The van der Waals surface area contributed by atoms with Gasteiger partial charge in [0.15, 0.2) is 0 Å². The van der Waals surface area contributed by atoms with Crippen LogP contribution in [0, 0.1) is 11.8 Å². The maximum absolute atomic E-state index is 12.2. The first-order chi connectivity index (χ1) is 10.2. The highest BCUT2D eigenvalue weighted by Gasteiger charge is 2.37. The number of nitrogens with zero attached hydrogens (tertiary/aromatic N) is 2. The minimum absolute atomic E-state index is 0.00653. The van der Waals surface area contributed by atoms with Gasteiger partial charge in [-0.3, -0.25) is 4.79 Å². The molecule has 0 aromatic rings. The first-order valence-corrected chi connectivity index (χ1v) is 8.07. The van der Waals surface area contributed by atoms with E-state index in [-0.39, 0.29) is 18.1 Å². The number of urea groups is 1. The number of nitrogens with one attached hydrogen (secondary N) is 1. The third-order valence-corrected chi connectivity index (χ3v) is 4.90. The second-order valence-corrected chi connectivity index (χ2v) is 7.10. The summed E-state index contributed by atoms with van der Waals surface area (Å²) >= 11 is 0. The van der Waals surface area contributed by atoms with E-state index in [2.05, 4.69) is 31.2 Å². The van der Waals surface area contributed by atoms with Crippen LogP contribution in [0.1, 0.15) is 39.5 Å². The third-order valence-electron chi connectivity index (χ3n) is 4.90. The number of carboxylic acids is 1. The zero-order valence-corrected chi connectivity index (χ0v) is 14.6. The van der Waals surface area contributed by atoms with E-state index in [1.54, 1.807) is 14.0 Å². The summed E-state index contributed by atoms with van der Waals surface area (Å²) in [5.41, 5.74) is 0.00653. The van der Waals surface area contributed by atoms with Gasteiger partial charge in [0.2, 0.25) is 0 Å². The molecule has 128 valence electrons. The highest BCUT2D eigenvalue weighted by atomic mass is 16.4. The van der Waals surface area contributed by atoms with Gasteiger partial charge < -0.3 is 20.2 Å². The Kier molecular flexibility index (Phi) is 6.66. The number of likely N-dealkylation sites (N-methyl/N-ethyl adjacent to an activating group) is 1. The number of hydrogen-bond donors (Lipinski definition) is 2. The Hall–Kier alpha value is -1.30. The molecule has 1 aliphatic rings. The van der Waals surface area contributed by atoms with Crippen molar-refractivity contribution in [3.05, 3.63) is 0 Å². The molecule has 1 rings (SSSR count). The topological polar surface area (TPSA) is 72.9 Å². The Morgan fingerprint density at radius 2 is 2.00 bits per heavy atom. The molecule has 1 aliphatic carbocycles. The van der Waals surface area contributed by atoms with Gasteiger partial charge in [-0.1, -0.05) is 26.7 Å². The zero-order valence-electron chi connectivity index (χ0n) is 14.6. The van der Waals surface area contributed by atoms with Crippen LogP contribution < -0.4 is 5.32 Å².